The summed E-state index contributed by atoms with van der Waals surface area (Å²) in [5, 5.41) is 13.2. The minimum absolute atomic E-state index is 0.0568. The first kappa shape index (κ1) is 23.9. The molecule has 2 saturated heterocycles. The quantitative estimate of drug-likeness (QED) is 0.491. The Morgan fingerprint density at radius 2 is 1.94 bits per heavy atom. The molecule has 2 aromatic heterocycles. The van der Waals surface area contributed by atoms with Crippen molar-refractivity contribution in [3.8, 4) is 0 Å². The first-order chi connectivity index (χ1) is 15.9. The second-order valence-electron chi connectivity index (χ2n) is 10.2. The fourth-order valence-corrected chi connectivity index (χ4v) is 4.61. The highest BCUT2D eigenvalue weighted by Crippen LogP contribution is 2.31. The van der Waals surface area contributed by atoms with Crippen LogP contribution >= 0.6 is 0 Å². The van der Waals surface area contributed by atoms with Crippen molar-refractivity contribution in [2.24, 2.45) is 7.05 Å². The summed E-state index contributed by atoms with van der Waals surface area (Å²) < 4.78 is 8.14. The Labute approximate surface area is 196 Å². The van der Waals surface area contributed by atoms with Crippen molar-refractivity contribution < 1.29 is 24.2 Å². The van der Waals surface area contributed by atoms with Gasteiger partial charge in [0.05, 0.1) is 29.4 Å². The Balaban J connectivity index is 1.52. The third kappa shape index (κ3) is 4.70. The maximum absolute atomic E-state index is 12.9. The molecule has 0 radical (unpaired) electrons. The molecule has 2 N–H and O–H groups in total. The van der Waals surface area contributed by atoms with Crippen LogP contribution in [-0.2, 0) is 26.2 Å². The van der Waals surface area contributed by atoms with Crippen LogP contribution in [0, 0.1) is 0 Å². The van der Waals surface area contributed by atoms with E-state index in [0.29, 0.717) is 37.1 Å². The van der Waals surface area contributed by atoms with Gasteiger partial charge < -0.3 is 14.7 Å². The Kier molecular flexibility index (Phi) is 6.01. The molecule has 2 aromatic rings. The van der Waals surface area contributed by atoms with E-state index in [1.54, 1.807) is 34.0 Å². The molecule has 0 saturated carbocycles. The number of carbonyl (C=O) groups excluding carboxylic acids is 3. The summed E-state index contributed by atoms with van der Waals surface area (Å²) in [6.45, 7) is 6.40. The monoisotopic (exact) mass is 473 g/mol. The van der Waals surface area contributed by atoms with Gasteiger partial charge in [0, 0.05) is 26.6 Å². The van der Waals surface area contributed by atoms with Crippen LogP contribution in [0.5, 0.6) is 0 Å². The lowest BCUT2D eigenvalue weighted by Gasteiger charge is -2.39. The van der Waals surface area contributed by atoms with Crippen LogP contribution in [0.25, 0.3) is 11.2 Å². The van der Waals surface area contributed by atoms with Gasteiger partial charge in [-0.25, -0.2) is 9.78 Å². The highest BCUT2D eigenvalue weighted by Gasteiger charge is 2.37. The minimum Gasteiger partial charge on any atom is -0.460 e. The van der Waals surface area contributed by atoms with E-state index in [0.717, 1.165) is 5.69 Å². The number of aryl methyl sites for hydroxylation is 1. The molecule has 2 amide bonds. The summed E-state index contributed by atoms with van der Waals surface area (Å²) in [4.78, 5) is 55.5. The standard InChI is InChI=1S/C23H31N5O6/c1-22(2,3)34-18(30)12-23(33)7-9-27(10-8-23)14-11-16-19(24-13-14)28(21(32)26(16)4)15-5-6-17(29)25-20(15)31/h11,13,15,33H,5-10,12H2,1-4H3,(H,25,29,31). The third-order valence-corrected chi connectivity index (χ3v) is 6.39. The number of carbonyl (C=O) groups is 3. The Hall–Kier alpha value is -3.21. The minimum atomic E-state index is -1.13. The van der Waals surface area contributed by atoms with Gasteiger partial charge in [0.25, 0.3) is 0 Å². The average molecular weight is 474 g/mol. The molecule has 0 aliphatic carbocycles. The second-order valence-corrected chi connectivity index (χ2v) is 10.2. The number of hydrogen-bond acceptors (Lipinski definition) is 8. The fourth-order valence-electron chi connectivity index (χ4n) is 4.61. The van der Waals surface area contributed by atoms with Gasteiger partial charge in [-0.2, -0.15) is 0 Å². The molecular weight excluding hydrogens is 442 g/mol. The molecule has 1 unspecified atom stereocenters. The Morgan fingerprint density at radius 1 is 1.26 bits per heavy atom. The van der Waals surface area contributed by atoms with Gasteiger partial charge in [0.15, 0.2) is 5.65 Å². The first-order valence-corrected chi connectivity index (χ1v) is 11.5. The zero-order valence-electron chi connectivity index (χ0n) is 20.0. The van der Waals surface area contributed by atoms with Gasteiger partial charge in [-0.1, -0.05) is 0 Å². The van der Waals surface area contributed by atoms with Crippen LogP contribution in [0.2, 0.25) is 0 Å². The summed E-state index contributed by atoms with van der Waals surface area (Å²) >= 11 is 0. The van der Waals surface area contributed by atoms with E-state index in [-0.39, 0.29) is 30.9 Å². The number of nitrogens with one attached hydrogen (secondary N) is 1. The average Bonchev–Trinajstić information content (AvgIpc) is 2.97. The van der Waals surface area contributed by atoms with E-state index in [1.165, 1.54) is 9.13 Å². The molecule has 34 heavy (non-hydrogen) atoms. The molecule has 2 aliphatic heterocycles. The van der Waals surface area contributed by atoms with E-state index < -0.39 is 29.1 Å². The van der Waals surface area contributed by atoms with Crippen LogP contribution in [-0.4, -0.2) is 61.3 Å². The maximum atomic E-state index is 12.9. The van der Waals surface area contributed by atoms with Crippen LogP contribution in [0.3, 0.4) is 0 Å². The van der Waals surface area contributed by atoms with E-state index in [1.807, 2.05) is 11.0 Å². The number of piperidine rings is 2. The Bertz CT molecular complexity index is 1200. The number of amides is 2. The number of imidazole rings is 1. The number of esters is 1. The number of rotatable bonds is 4. The maximum Gasteiger partial charge on any atom is 0.330 e. The summed E-state index contributed by atoms with van der Waals surface area (Å²) in [5.74, 6) is -1.27. The van der Waals surface area contributed by atoms with Crippen LogP contribution in [0.1, 0.15) is 58.9 Å². The molecule has 11 heteroatoms. The van der Waals surface area contributed by atoms with Gasteiger partial charge in [-0.15, -0.1) is 0 Å². The van der Waals surface area contributed by atoms with E-state index in [2.05, 4.69) is 10.3 Å². The zero-order chi connectivity index (χ0) is 24.8. The number of pyridine rings is 1. The van der Waals surface area contributed by atoms with E-state index in [4.69, 9.17) is 4.74 Å². The topological polar surface area (TPSA) is 136 Å². The highest BCUT2D eigenvalue weighted by molar-refractivity contribution is 6.00. The van der Waals surface area contributed by atoms with E-state index in [9.17, 15) is 24.3 Å². The predicted octanol–water partition coefficient (Wildman–Crippen LogP) is 0.776. The van der Waals surface area contributed by atoms with Crippen molar-refractivity contribution in [3.05, 3.63) is 22.7 Å². The number of aliphatic hydroxyl groups is 1. The number of imide groups is 1. The largest absolute Gasteiger partial charge is 0.460 e. The number of nitrogens with zero attached hydrogens (tertiary/aromatic N) is 4. The van der Waals surface area contributed by atoms with Gasteiger partial charge in [0.2, 0.25) is 11.8 Å². The summed E-state index contributed by atoms with van der Waals surface area (Å²) in [6.07, 6.45) is 2.77. The van der Waals surface area contributed by atoms with Crippen molar-refractivity contribution in [2.45, 2.75) is 70.1 Å². The molecule has 2 fully saturated rings. The molecule has 1 atom stereocenters. The van der Waals surface area contributed by atoms with Gasteiger partial charge in [0.1, 0.15) is 11.6 Å². The molecule has 2 aliphatic rings. The number of ether oxygens (including phenoxy) is 1. The van der Waals surface area contributed by atoms with Crippen molar-refractivity contribution in [3.63, 3.8) is 0 Å². The number of hydrogen-bond donors (Lipinski definition) is 2. The number of fused-ring (bicyclic) bond motifs is 1. The molecule has 4 heterocycles. The smallest absolute Gasteiger partial charge is 0.330 e. The highest BCUT2D eigenvalue weighted by atomic mass is 16.6. The van der Waals surface area contributed by atoms with Crippen molar-refractivity contribution in [1.29, 1.82) is 0 Å². The molecule has 0 bridgehead atoms. The summed E-state index contributed by atoms with van der Waals surface area (Å²) in [7, 11) is 1.62. The van der Waals surface area contributed by atoms with Gasteiger partial charge in [-0.05, 0) is 46.1 Å². The van der Waals surface area contributed by atoms with Crippen molar-refractivity contribution in [2.75, 3.05) is 18.0 Å². The molecule has 0 spiro atoms. The van der Waals surface area contributed by atoms with Gasteiger partial charge >= 0.3 is 11.7 Å². The Morgan fingerprint density at radius 3 is 2.56 bits per heavy atom. The second kappa shape index (κ2) is 8.53. The molecule has 11 nitrogen and oxygen atoms in total. The molecule has 0 aromatic carbocycles. The summed E-state index contributed by atoms with van der Waals surface area (Å²) in [5.41, 5.74) is -0.373. The third-order valence-electron chi connectivity index (χ3n) is 6.39. The fraction of sp³-hybridized carbons (Fsp3) is 0.609. The summed E-state index contributed by atoms with van der Waals surface area (Å²) in [6, 6.07) is 1.05. The van der Waals surface area contributed by atoms with Crippen molar-refractivity contribution in [1.82, 2.24) is 19.4 Å². The number of anilines is 1. The van der Waals surface area contributed by atoms with Crippen LogP contribution in [0.15, 0.2) is 17.1 Å². The molecule has 184 valence electrons. The lowest BCUT2D eigenvalue weighted by molar-refractivity contribution is -0.161. The van der Waals surface area contributed by atoms with Crippen molar-refractivity contribution >= 4 is 34.6 Å². The van der Waals surface area contributed by atoms with Crippen LogP contribution in [0.4, 0.5) is 5.69 Å². The lowest BCUT2D eigenvalue weighted by atomic mass is 9.88. The zero-order valence-corrected chi connectivity index (χ0v) is 20.0. The number of aromatic nitrogens is 3. The predicted molar refractivity (Wildman–Crippen MR) is 123 cm³/mol. The molecule has 4 rings (SSSR count). The van der Waals surface area contributed by atoms with Crippen LogP contribution < -0.4 is 15.9 Å². The van der Waals surface area contributed by atoms with E-state index >= 15 is 0 Å². The first-order valence-electron chi connectivity index (χ1n) is 11.5. The lowest BCUT2D eigenvalue weighted by Crippen LogP contribution is -2.46. The van der Waals surface area contributed by atoms with Gasteiger partial charge in [-0.3, -0.25) is 28.8 Å². The SMILES string of the molecule is Cn1c(=O)n(C2CCC(=O)NC2=O)c2ncc(N3CCC(O)(CC(=O)OC(C)(C)C)CC3)cc21. The normalized spacial score (nSPS) is 21.0. The molecular formula is C23H31N5O6.